The molecule has 0 N–H and O–H groups in total. The molecule has 0 amide bonds. The lowest BCUT2D eigenvalue weighted by Crippen LogP contribution is -2.73. The highest BCUT2D eigenvalue weighted by Gasteiger charge is 2.96. The molecule has 0 heterocycles. The quantitative estimate of drug-likeness (QED) is 0.130. The number of alkyl halides is 30. The number of hydrogen-bond donors (Lipinski definition) is 0. The molecular formula is C25H12F30O3. The first-order chi connectivity index (χ1) is 24.7. The molecule has 0 atom stereocenters. The first kappa shape index (κ1) is 52.4. The van der Waals surface area contributed by atoms with Crippen molar-refractivity contribution in [3.8, 4) is 11.5 Å². The molecule has 0 saturated carbocycles. The normalized spacial score (nSPS) is 16.1. The van der Waals surface area contributed by atoms with Crippen LogP contribution in [-0.2, 0) is 0 Å². The Balaban J connectivity index is 4.12. The highest BCUT2D eigenvalue weighted by Crippen LogP contribution is 2.65. The largest absolute Gasteiger partial charge is 0.471 e. The Morgan fingerprint density at radius 3 is 0.862 bits per heavy atom. The molecule has 0 aliphatic carbocycles. The van der Waals surface area contributed by atoms with E-state index < -0.39 is 124 Å². The van der Waals surface area contributed by atoms with Gasteiger partial charge in [-0.25, -0.2) is 0 Å². The van der Waals surface area contributed by atoms with Crippen LogP contribution in [0.4, 0.5) is 132 Å². The molecule has 0 aromatic heterocycles. The monoisotopic (exact) mass is 930 g/mol. The Morgan fingerprint density at radius 1 is 0.362 bits per heavy atom. The summed E-state index contributed by atoms with van der Waals surface area (Å²) in [6.45, 7) is 2.28. The molecule has 0 aliphatic heterocycles. The minimum Gasteiger partial charge on any atom is -0.424 e. The minimum absolute atomic E-state index is 0.312. The van der Waals surface area contributed by atoms with Gasteiger partial charge in [0.2, 0.25) is 0 Å². The van der Waals surface area contributed by atoms with Crippen LogP contribution < -0.4 is 9.47 Å². The number of ether oxygens (including phenoxy) is 2. The molecule has 0 fully saturated rings. The fourth-order valence-electron chi connectivity index (χ4n) is 3.56. The van der Waals surface area contributed by atoms with E-state index in [1.54, 1.807) is 0 Å². The third-order valence-electron chi connectivity index (χ3n) is 6.96. The summed E-state index contributed by atoms with van der Waals surface area (Å²) >= 11 is 0. The van der Waals surface area contributed by atoms with Crippen molar-refractivity contribution < 1.29 is 146 Å². The van der Waals surface area contributed by atoms with Crippen LogP contribution in [0.2, 0.25) is 0 Å². The second-order valence-corrected chi connectivity index (χ2v) is 12.2. The molecule has 0 radical (unpaired) electrons. The van der Waals surface area contributed by atoms with Crippen molar-refractivity contribution in [3.05, 3.63) is 23.8 Å². The number of carbonyl (C=O) groups is 1. The molecule has 3 nitrogen and oxygen atoms in total. The van der Waals surface area contributed by atoms with Gasteiger partial charge < -0.3 is 9.47 Å². The van der Waals surface area contributed by atoms with Crippen molar-refractivity contribution in [1.82, 2.24) is 0 Å². The third-order valence-corrected chi connectivity index (χ3v) is 6.96. The van der Waals surface area contributed by atoms with Gasteiger partial charge in [-0.2, -0.15) is 132 Å². The van der Waals surface area contributed by atoms with Gasteiger partial charge in [-0.3, -0.25) is 4.79 Å². The maximum absolute atomic E-state index is 14.5. The van der Waals surface area contributed by atoms with Gasteiger partial charge in [-0.05, 0) is 18.2 Å². The molecule has 0 saturated heterocycles. The highest BCUT2D eigenvalue weighted by atomic mass is 19.4. The van der Waals surface area contributed by atoms with E-state index in [-0.39, 0.29) is 6.07 Å². The van der Waals surface area contributed by atoms with E-state index in [0.29, 0.717) is 0 Å². The molecule has 0 aliphatic rings. The lowest BCUT2D eigenvalue weighted by Gasteiger charge is -2.41. The molecule has 1 aromatic carbocycles. The second-order valence-electron chi connectivity index (χ2n) is 12.2. The number of hydrogen-bond acceptors (Lipinski definition) is 3. The van der Waals surface area contributed by atoms with Gasteiger partial charge in [0, 0.05) is 11.0 Å². The van der Waals surface area contributed by atoms with E-state index in [1.807, 2.05) is 0 Å². The van der Waals surface area contributed by atoms with Gasteiger partial charge in [0.15, 0.2) is 17.3 Å². The Hall–Kier alpha value is -3.61. The van der Waals surface area contributed by atoms with Crippen LogP contribution in [0.1, 0.15) is 31.1 Å². The number of benzene rings is 1. The molecule has 1 aromatic rings. The van der Waals surface area contributed by atoms with Gasteiger partial charge in [0.1, 0.15) is 0 Å². The summed E-state index contributed by atoms with van der Waals surface area (Å²) in [5.41, 5.74) is -3.62. The van der Waals surface area contributed by atoms with Crippen molar-refractivity contribution in [2.45, 2.75) is 105 Å². The Morgan fingerprint density at radius 2 is 0.603 bits per heavy atom. The number of carbonyl (C=O) groups excluding carboxylic acids is 1. The van der Waals surface area contributed by atoms with Crippen molar-refractivity contribution in [2.75, 3.05) is 0 Å². The summed E-state index contributed by atoms with van der Waals surface area (Å²) in [6.07, 6.45) is -32.3. The average Bonchev–Trinajstić information content (AvgIpc) is 2.98. The molecular weight excluding hydrogens is 918 g/mol. The van der Waals surface area contributed by atoms with Crippen molar-refractivity contribution in [2.24, 2.45) is 5.41 Å². The van der Waals surface area contributed by atoms with Gasteiger partial charge >= 0.3 is 83.8 Å². The predicted molar refractivity (Wildman–Crippen MR) is 123 cm³/mol. The minimum atomic E-state index is -9.06. The van der Waals surface area contributed by atoms with Crippen LogP contribution in [-0.4, -0.2) is 89.6 Å². The standard InChI is InChI=1S/C25H12F30O3/c1-11(2,3)10(56)7-4-5-8(57-24(52,53)20(42,43)16(34,35)12(26,27)14(30,31)18(38,39)22(46,47)48)9(6-7)58-25(54,55)21(44,45)17(36,37)13(28,29)15(32,33)19(40,41)23(49,50)51/h4-6H,1-3H3. The van der Waals surface area contributed by atoms with Crippen LogP contribution >= 0.6 is 0 Å². The molecule has 33 heteroatoms. The first-order valence-electron chi connectivity index (χ1n) is 13.4. The fourth-order valence-corrected chi connectivity index (χ4v) is 3.56. The lowest BCUT2D eigenvalue weighted by atomic mass is 9.86. The van der Waals surface area contributed by atoms with E-state index in [1.165, 1.54) is 0 Å². The molecule has 0 bridgehead atoms. The first-order valence-corrected chi connectivity index (χ1v) is 13.4. The average molecular weight is 930 g/mol. The Labute approximate surface area is 298 Å². The summed E-state index contributed by atoms with van der Waals surface area (Å²) in [6, 6.07) is -2.21. The van der Waals surface area contributed by atoms with Gasteiger partial charge in [0.05, 0.1) is 0 Å². The van der Waals surface area contributed by atoms with Crippen molar-refractivity contribution in [3.63, 3.8) is 0 Å². The van der Waals surface area contributed by atoms with E-state index in [0.717, 1.165) is 20.8 Å². The number of halogens is 30. The van der Waals surface area contributed by atoms with Crippen LogP contribution in [0, 0.1) is 5.41 Å². The lowest BCUT2D eigenvalue weighted by molar-refractivity contribution is -0.466. The molecule has 58 heavy (non-hydrogen) atoms. The van der Waals surface area contributed by atoms with Crippen LogP contribution in [0.5, 0.6) is 11.5 Å². The van der Waals surface area contributed by atoms with E-state index >= 15 is 0 Å². The third kappa shape index (κ3) is 7.33. The Kier molecular flexibility index (Phi) is 12.4. The topological polar surface area (TPSA) is 35.5 Å². The smallest absolute Gasteiger partial charge is 0.424 e. The summed E-state index contributed by atoms with van der Waals surface area (Å²) < 4.78 is 412. The maximum atomic E-state index is 14.5. The molecule has 1 rings (SSSR count). The number of rotatable bonds is 15. The number of ketones is 1. The summed E-state index contributed by atoms with van der Waals surface area (Å²) in [4.78, 5) is 12.4. The summed E-state index contributed by atoms with van der Waals surface area (Å²) in [5, 5.41) is 0. The predicted octanol–water partition coefficient (Wildman–Crippen LogP) is 12.3. The molecule has 340 valence electrons. The van der Waals surface area contributed by atoms with E-state index in [9.17, 15) is 137 Å². The van der Waals surface area contributed by atoms with Gasteiger partial charge in [0.25, 0.3) is 0 Å². The van der Waals surface area contributed by atoms with Gasteiger partial charge in [-0.1, -0.05) is 20.8 Å². The maximum Gasteiger partial charge on any atom is 0.471 e. The summed E-state index contributed by atoms with van der Waals surface area (Å²) in [5.74, 6) is -96.9. The fraction of sp³-hybridized carbons (Fsp3) is 0.720. The van der Waals surface area contributed by atoms with E-state index in [2.05, 4.69) is 9.47 Å². The highest BCUT2D eigenvalue weighted by molar-refractivity contribution is 6.00. The number of Topliss-reactive ketones (excluding diaryl/α,β-unsaturated/α-hetero) is 1. The summed E-state index contributed by atoms with van der Waals surface area (Å²) in [7, 11) is 0. The van der Waals surface area contributed by atoms with Gasteiger partial charge in [-0.15, -0.1) is 0 Å². The van der Waals surface area contributed by atoms with E-state index in [4.69, 9.17) is 0 Å². The zero-order chi connectivity index (χ0) is 47.3. The SMILES string of the molecule is CC(C)(C)C(=O)c1ccc(OC(F)(F)C(F)(F)C(F)(F)C(F)(F)C(F)(F)C(F)(F)C(F)(F)F)c(OC(F)(F)C(F)(F)C(F)(F)C(F)(F)C(F)(F)C(F)(F)C(F)(F)F)c1. The Bertz CT molecular complexity index is 1680. The second kappa shape index (κ2) is 13.7. The zero-order valence-electron chi connectivity index (χ0n) is 26.8. The molecule has 0 unspecified atom stereocenters. The van der Waals surface area contributed by atoms with Crippen molar-refractivity contribution in [1.29, 1.82) is 0 Å². The van der Waals surface area contributed by atoms with Crippen molar-refractivity contribution >= 4 is 5.78 Å². The van der Waals surface area contributed by atoms with Crippen LogP contribution in [0.25, 0.3) is 0 Å². The molecule has 0 spiro atoms. The zero-order valence-corrected chi connectivity index (χ0v) is 26.8. The van der Waals surface area contributed by atoms with Crippen LogP contribution in [0.3, 0.4) is 0 Å². The van der Waals surface area contributed by atoms with Crippen LogP contribution in [0.15, 0.2) is 18.2 Å².